The summed E-state index contributed by atoms with van der Waals surface area (Å²) in [5.74, 6) is 0. The summed E-state index contributed by atoms with van der Waals surface area (Å²) in [6, 6.07) is 1.89. The Labute approximate surface area is 120 Å². The van der Waals surface area contributed by atoms with Gasteiger partial charge in [0.05, 0.1) is 0 Å². The van der Waals surface area contributed by atoms with E-state index in [9.17, 15) is 8.42 Å². The number of aryl methyl sites for hydroxylation is 1. The highest BCUT2D eigenvalue weighted by Crippen LogP contribution is 2.18. The summed E-state index contributed by atoms with van der Waals surface area (Å²) in [6.45, 7) is 2.78. The molecule has 0 bridgehead atoms. The molecule has 0 spiro atoms. The number of likely N-dealkylation sites (N-methyl/N-ethyl adjacent to an activating group) is 1. The van der Waals surface area contributed by atoms with Gasteiger partial charge in [-0.2, -0.15) is 4.31 Å². The predicted molar refractivity (Wildman–Crippen MR) is 74.9 cm³/mol. The maximum atomic E-state index is 12.4. The topological polar surface area (TPSA) is 75.2 Å². The first-order chi connectivity index (χ1) is 8.54. The molecule has 1 fully saturated rings. The molecule has 2 heterocycles. The lowest BCUT2D eigenvalue weighted by atomic mass is 10.1. The normalized spacial score (nSPS) is 20.8. The van der Waals surface area contributed by atoms with E-state index in [1.807, 2.05) is 7.05 Å². The van der Waals surface area contributed by atoms with E-state index in [0.717, 1.165) is 12.8 Å². The van der Waals surface area contributed by atoms with Crippen molar-refractivity contribution in [1.29, 1.82) is 0 Å². The molecule has 0 aliphatic carbocycles. The second-order valence-electron chi connectivity index (χ2n) is 4.47. The molecule has 0 saturated carbocycles. The first-order valence-corrected chi connectivity index (χ1v) is 7.45. The molecule has 1 saturated heterocycles. The number of piperidine rings is 1. The van der Waals surface area contributed by atoms with E-state index >= 15 is 0 Å². The summed E-state index contributed by atoms with van der Waals surface area (Å²) in [5, 5.41) is 3.02. The van der Waals surface area contributed by atoms with E-state index in [2.05, 4.69) is 15.3 Å². The zero-order valence-corrected chi connectivity index (χ0v) is 12.7. The molecule has 1 unspecified atom stereocenters. The molecule has 1 atom stereocenters. The standard InChI is InChI=1S/C11H18N4O2S.ClH/c1-9-5-6-13-11(14-9)18(16,17)15-7-3-4-10(8-15)12-2;/h5-6,10,12H,3-4,7-8H2,1-2H3;1H. The molecule has 0 aromatic carbocycles. The smallest absolute Gasteiger partial charge is 0.278 e. The molecule has 6 nitrogen and oxygen atoms in total. The van der Waals surface area contributed by atoms with Crippen LogP contribution in [0.4, 0.5) is 0 Å². The third kappa shape index (κ3) is 3.62. The molecule has 8 heteroatoms. The summed E-state index contributed by atoms with van der Waals surface area (Å²) in [7, 11) is -1.71. The largest absolute Gasteiger partial charge is 0.316 e. The van der Waals surface area contributed by atoms with E-state index in [0.29, 0.717) is 18.8 Å². The Morgan fingerprint density at radius 3 is 2.84 bits per heavy atom. The molecule has 108 valence electrons. The fourth-order valence-electron chi connectivity index (χ4n) is 2.06. The molecule has 1 aromatic heterocycles. The highest BCUT2D eigenvalue weighted by Gasteiger charge is 2.31. The second-order valence-corrected chi connectivity index (χ2v) is 6.30. The van der Waals surface area contributed by atoms with Crippen LogP contribution in [0, 0.1) is 6.92 Å². The molecule has 1 aliphatic heterocycles. The van der Waals surface area contributed by atoms with Crippen molar-refractivity contribution in [3.05, 3.63) is 18.0 Å². The van der Waals surface area contributed by atoms with Crippen molar-refractivity contribution in [2.45, 2.75) is 31.0 Å². The van der Waals surface area contributed by atoms with Gasteiger partial charge in [0, 0.05) is 31.0 Å². The van der Waals surface area contributed by atoms with Crippen molar-refractivity contribution in [2.75, 3.05) is 20.1 Å². The van der Waals surface area contributed by atoms with Gasteiger partial charge in [-0.3, -0.25) is 0 Å². The predicted octanol–water partition coefficient (Wildman–Crippen LogP) is 0.579. The number of hydrogen-bond donors (Lipinski definition) is 1. The van der Waals surface area contributed by atoms with E-state index in [4.69, 9.17) is 0 Å². The van der Waals surface area contributed by atoms with Gasteiger partial charge in [-0.1, -0.05) is 0 Å². The average Bonchev–Trinajstić information content (AvgIpc) is 2.39. The zero-order valence-electron chi connectivity index (χ0n) is 11.0. The number of hydrogen-bond acceptors (Lipinski definition) is 5. The van der Waals surface area contributed by atoms with Crippen LogP contribution >= 0.6 is 12.4 Å². The Morgan fingerprint density at radius 1 is 1.47 bits per heavy atom. The molecule has 1 N–H and O–H groups in total. The zero-order chi connectivity index (χ0) is 13.2. The van der Waals surface area contributed by atoms with Crippen molar-refractivity contribution < 1.29 is 8.42 Å². The Kier molecular flexibility index (Phi) is 5.66. The molecule has 0 radical (unpaired) electrons. The summed E-state index contributed by atoms with van der Waals surface area (Å²) in [5.41, 5.74) is 0.658. The van der Waals surface area contributed by atoms with E-state index in [-0.39, 0.29) is 23.6 Å². The molecule has 1 aromatic rings. The van der Waals surface area contributed by atoms with Gasteiger partial charge < -0.3 is 5.32 Å². The van der Waals surface area contributed by atoms with Gasteiger partial charge in [0.2, 0.25) is 0 Å². The first kappa shape index (κ1) is 16.3. The molecule has 1 aliphatic rings. The third-order valence-corrected chi connectivity index (χ3v) is 4.81. The molecule has 2 rings (SSSR count). The van der Waals surface area contributed by atoms with Crippen molar-refractivity contribution in [2.24, 2.45) is 0 Å². The monoisotopic (exact) mass is 306 g/mol. The van der Waals surface area contributed by atoms with Crippen LogP contribution in [0.2, 0.25) is 0 Å². The van der Waals surface area contributed by atoms with Crippen LogP contribution in [-0.2, 0) is 10.0 Å². The summed E-state index contributed by atoms with van der Waals surface area (Å²) in [6.07, 6.45) is 3.34. The minimum absolute atomic E-state index is 0. The summed E-state index contributed by atoms with van der Waals surface area (Å²) >= 11 is 0. The van der Waals surface area contributed by atoms with Gasteiger partial charge in [0.25, 0.3) is 15.2 Å². The van der Waals surface area contributed by atoms with Gasteiger partial charge in [0.1, 0.15) is 0 Å². The Hall–Kier alpha value is -0.760. The summed E-state index contributed by atoms with van der Waals surface area (Å²) in [4.78, 5) is 7.89. The Bertz CT molecular complexity index is 523. The van der Waals surface area contributed by atoms with E-state index in [1.165, 1.54) is 10.5 Å². The third-order valence-electron chi connectivity index (χ3n) is 3.14. The van der Waals surface area contributed by atoms with Crippen LogP contribution in [0.25, 0.3) is 0 Å². The van der Waals surface area contributed by atoms with Gasteiger partial charge in [0.15, 0.2) is 0 Å². The second kappa shape index (κ2) is 6.60. The van der Waals surface area contributed by atoms with Gasteiger partial charge in [-0.05, 0) is 32.9 Å². The van der Waals surface area contributed by atoms with Crippen LogP contribution in [0.5, 0.6) is 0 Å². The van der Waals surface area contributed by atoms with Gasteiger partial charge >= 0.3 is 0 Å². The van der Waals surface area contributed by atoms with Crippen LogP contribution in [0.3, 0.4) is 0 Å². The van der Waals surface area contributed by atoms with E-state index in [1.54, 1.807) is 13.0 Å². The highest BCUT2D eigenvalue weighted by atomic mass is 35.5. The fourth-order valence-corrected chi connectivity index (χ4v) is 3.49. The number of halogens is 1. The average molecular weight is 307 g/mol. The van der Waals surface area contributed by atoms with E-state index < -0.39 is 10.0 Å². The van der Waals surface area contributed by atoms with Crippen molar-refractivity contribution in [3.63, 3.8) is 0 Å². The number of aromatic nitrogens is 2. The van der Waals surface area contributed by atoms with Gasteiger partial charge in [-0.15, -0.1) is 12.4 Å². The molecule has 19 heavy (non-hydrogen) atoms. The number of sulfonamides is 1. The van der Waals surface area contributed by atoms with Crippen molar-refractivity contribution in [1.82, 2.24) is 19.6 Å². The summed E-state index contributed by atoms with van der Waals surface area (Å²) < 4.78 is 26.2. The van der Waals surface area contributed by atoms with Crippen molar-refractivity contribution in [3.8, 4) is 0 Å². The Morgan fingerprint density at radius 2 is 2.21 bits per heavy atom. The first-order valence-electron chi connectivity index (χ1n) is 6.01. The number of nitrogens with zero attached hydrogens (tertiary/aromatic N) is 3. The SMILES string of the molecule is CNC1CCCN(S(=O)(=O)c2nccc(C)n2)C1.Cl. The lowest BCUT2D eigenvalue weighted by molar-refractivity contribution is 0.291. The van der Waals surface area contributed by atoms with Crippen LogP contribution in [0.1, 0.15) is 18.5 Å². The van der Waals surface area contributed by atoms with Crippen LogP contribution in [0.15, 0.2) is 17.4 Å². The molecule has 0 amide bonds. The maximum Gasteiger partial charge on any atom is 0.278 e. The molecular formula is C11H19ClN4O2S. The van der Waals surface area contributed by atoms with Crippen LogP contribution in [-0.4, -0.2) is 48.9 Å². The lowest BCUT2D eigenvalue weighted by Crippen LogP contribution is -2.47. The maximum absolute atomic E-state index is 12.4. The van der Waals surface area contributed by atoms with Crippen LogP contribution < -0.4 is 5.32 Å². The quantitative estimate of drug-likeness (QED) is 0.827. The lowest BCUT2D eigenvalue weighted by Gasteiger charge is -2.30. The Balaban J connectivity index is 0.00000180. The fraction of sp³-hybridized carbons (Fsp3) is 0.636. The van der Waals surface area contributed by atoms with Crippen molar-refractivity contribution >= 4 is 22.4 Å². The number of nitrogens with one attached hydrogen (secondary N) is 1. The highest BCUT2D eigenvalue weighted by molar-refractivity contribution is 7.88. The minimum atomic E-state index is -3.56. The minimum Gasteiger partial charge on any atom is -0.316 e. The molecular weight excluding hydrogens is 288 g/mol. The number of rotatable bonds is 3. The van der Waals surface area contributed by atoms with Gasteiger partial charge in [-0.25, -0.2) is 18.4 Å².